The van der Waals surface area contributed by atoms with Crippen LogP contribution in [0.15, 0.2) is 23.7 Å². The number of aliphatic hydroxyl groups is 1. The summed E-state index contributed by atoms with van der Waals surface area (Å²) in [6, 6.07) is 4.15. The minimum atomic E-state index is -0.183. The van der Waals surface area contributed by atoms with E-state index in [2.05, 4.69) is 26.5 Å². The molecule has 2 N–H and O–H groups in total. The van der Waals surface area contributed by atoms with Crippen molar-refractivity contribution in [3.8, 4) is 10.6 Å². The first-order chi connectivity index (χ1) is 12.5. The van der Waals surface area contributed by atoms with E-state index in [1.54, 1.807) is 11.3 Å². The summed E-state index contributed by atoms with van der Waals surface area (Å²) in [5, 5.41) is 19.6. The van der Waals surface area contributed by atoms with Gasteiger partial charge in [-0.25, -0.2) is 0 Å². The molecule has 0 aliphatic carbocycles. The predicted octanol–water partition coefficient (Wildman–Crippen LogP) is 2.05. The number of fused-ring (bicyclic) bond motifs is 1. The van der Waals surface area contributed by atoms with Crippen molar-refractivity contribution in [1.82, 2.24) is 20.0 Å². The topological polar surface area (TPSA) is 72.5 Å². The number of aromatic amines is 1. The quantitative estimate of drug-likeness (QED) is 0.840. The van der Waals surface area contributed by atoms with E-state index in [1.807, 2.05) is 31.0 Å². The molecule has 2 aliphatic heterocycles. The molecule has 6 nitrogen and oxygen atoms in total. The molecule has 2 atom stereocenters. The van der Waals surface area contributed by atoms with E-state index in [1.165, 1.54) is 10.4 Å². The molecule has 4 heterocycles. The number of H-pyrrole nitrogens is 1. The highest BCUT2D eigenvalue weighted by Gasteiger charge is 2.53. The molecule has 4 rings (SSSR count). The molecule has 1 amide bonds. The van der Waals surface area contributed by atoms with Gasteiger partial charge in [0, 0.05) is 49.6 Å². The fourth-order valence-electron chi connectivity index (χ4n) is 4.47. The Morgan fingerprint density at radius 3 is 2.96 bits per heavy atom. The Kier molecular flexibility index (Phi) is 4.62. The van der Waals surface area contributed by atoms with Crippen LogP contribution in [-0.4, -0.2) is 63.8 Å². The maximum atomic E-state index is 12.4. The lowest BCUT2D eigenvalue weighted by Gasteiger charge is -2.28. The highest BCUT2D eigenvalue weighted by atomic mass is 32.1. The van der Waals surface area contributed by atoms with Gasteiger partial charge in [0.05, 0.1) is 23.4 Å². The molecule has 0 bridgehead atoms. The Hall–Kier alpha value is -1.70. The molecular formula is C19H26N4O2S. The Balaban J connectivity index is 1.47. The van der Waals surface area contributed by atoms with Gasteiger partial charge < -0.3 is 10.0 Å². The monoisotopic (exact) mass is 374 g/mol. The van der Waals surface area contributed by atoms with E-state index in [0.29, 0.717) is 12.5 Å². The van der Waals surface area contributed by atoms with E-state index < -0.39 is 0 Å². The molecule has 0 aromatic carbocycles. The lowest BCUT2D eigenvalue weighted by Crippen LogP contribution is -2.40. The van der Waals surface area contributed by atoms with Gasteiger partial charge >= 0.3 is 0 Å². The SMILES string of the molecule is CC(C)C(=O)N1C[C@@H]2CN(Cc3cn[nH]c3-c3cccs3)C[C@]2(CO)C1. The number of nitrogens with one attached hydrogen (secondary N) is 1. The van der Waals surface area contributed by atoms with Gasteiger partial charge in [0.25, 0.3) is 0 Å². The number of nitrogens with zero attached hydrogens (tertiary/aromatic N) is 3. The van der Waals surface area contributed by atoms with Crippen molar-refractivity contribution in [2.75, 3.05) is 32.8 Å². The van der Waals surface area contributed by atoms with Crippen molar-refractivity contribution in [2.45, 2.75) is 20.4 Å². The molecule has 26 heavy (non-hydrogen) atoms. The molecule has 0 spiro atoms. The average molecular weight is 375 g/mol. The molecule has 2 aromatic rings. The molecule has 2 fully saturated rings. The summed E-state index contributed by atoms with van der Waals surface area (Å²) in [6.07, 6.45) is 1.91. The molecule has 2 aliphatic rings. The first kappa shape index (κ1) is 17.7. The summed E-state index contributed by atoms with van der Waals surface area (Å²) in [5.41, 5.74) is 2.10. The lowest BCUT2D eigenvalue weighted by molar-refractivity contribution is -0.134. The maximum absolute atomic E-state index is 12.4. The smallest absolute Gasteiger partial charge is 0.225 e. The Morgan fingerprint density at radius 1 is 1.46 bits per heavy atom. The zero-order valence-corrected chi connectivity index (χ0v) is 16.1. The number of thiophene rings is 1. The number of aliphatic hydroxyl groups excluding tert-OH is 1. The second kappa shape index (κ2) is 6.79. The minimum Gasteiger partial charge on any atom is -0.396 e. The van der Waals surface area contributed by atoms with E-state index in [9.17, 15) is 9.90 Å². The van der Waals surface area contributed by atoms with Crippen LogP contribution in [0, 0.1) is 17.3 Å². The van der Waals surface area contributed by atoms with Gasteiger partial charge in [0.15, 0.2) is 0 Å². The Labute approximate surface area is 157 Å². The maximum Gasteiger partial charge on any atom is 0.225 e. The molecule has 0 radical (unpaired) electrons. The zero-order valence-electron chi connectivity index (χ0n) is 15.3. The van der Waals surface area contributed by atoms with Gasteiger partial charge in [0.2, 0.25) is 5.91 Å². The van der Waals surface area contributed by atoms with Crippen molar-refractivity contribution in [1.29, 1.82) is 0 Å². The minimum absolute atomic E-state index is 0.0138. The highest BCUT2D eigenvalue weighted by Crippen LogP contribution is 2.43. The summed E-state index contributed by atoms with van der Waals surface area (Å²) < 4.78 is 0. The number of carbonyl (C=O) groups excluding carboxylic acids is 1. The molecule has 0 unspecified atom stereocenters. The van der Waals surface area contributed by atoms with Crippen LogP contribution in [0.2, 0.25) is 0 Å². The Morgan fingerprint density at radius 2 is 2.31 bits per heavy atom. The molecule has 0 saturated carbocycles. The van der Waals surface area contributed by atoms with E-state index >= 15 is 0 Å². The summed E-state index contributed by atoms with van der Waals surface area (Å²) in [6.45, 7) is 8.02. The standard InChI is InChI=1S/C19H26N4O2S/c1-13(2)18(25)23-9-15-8-22(10-19(15,11-23)12-24)7-14-6-20-21-17(14)16-4-3-5-26-16/h3-6,13,15,24H,7-12H2,1-2H3,(H,20,21)/t15-,19+/m0/s1. The van der Waals surface area contributed by atoms with Gasteiger partial charge in [0.1, 0.15) is 0 Å². The third-order valence-corrected chi connectivity index (χ3v) is 6.72. The largest absolute Gasteiger partial charge is 0.396 e. The van der Waals surface area contributed by atoms with Gasteiger partial charge in [-0.2, -0.15) is 5.10 Å². The third-order valence-electron chi connectivity index (χ3n) is 5.83. The van der Waals surface area contributed by atoms with Crippen molar-refractivity contribution >= 4 is 17.2 Å². The molecular weight excluding hydrogens is 348 g/mol. The summed E-state index contributed by atoms with van der Waals surface area (Å²) in [5.74, 6) is 0.556. The molecule has 7 heteroatoms. The number of rotatable bonds is 5. The number of hydrogen-bond donors (Lipinski definition) is 2. The normalized spacial score (nSPS) is 26.0. The average Bonchev–Trinajstić information content (AvgIpc) is 3.37. The van der Waals surface area contributed by atoms with Gasteiger partial charge in [-0.1, -0.05) is 19.9 Å². The lowest BCUT2D eigenvalue weighted by atomic mass is 9.82. The van der Waals surface area contributed by atoms with Crippen LogP contribution < -0.4 is 0 Å². The fraction of sp³-hybridized carbons (Fsp3) is 0.579. The van der Waals surface area contributed by atoms with Crippen molar-refractivity contribution < 1.29 is 9.90 Å². The van der Waals surface area contributed by atoms with Crippen LogP contribution in [0.1, 0.15) is 19.4 Å². The summed E-state index contributed by atoms with van der Waals surface area (Å²) in [4.78, 5) is 17.9. The first-order valence-electron chi connectivity index (χ1n) is 9.20. The highest BCUT2D eigenvalue weighted by molar-refractivity contribution is 7.13. The van der Waals surface area contributed by atoms with Gasteiger partial charge in [-0.05, 0) is 17.4 Å². The van der Waals surface area contributed by atoms with Crippen LogP contribution in [0.3, 0.4) is 0 Å². The predicted molar refractivity (Wildman–Crippen MR) is 102 cm³/mol. The van der Waals surface area contributed by atoms with Crippen LogP contribution >= 0.6 is 11.3 Å². The van der Waals surface area contributed by atoms with Crippen molar-refractivity contribution in [2.24, 2.45) is 17.3 Å². The zero-order chi connectivity index (χ0) is 18.3. The van der Waals surface area contributed by atoms with E-state index in [4.69, 9.17) is 0 Å². The molecule has 2 saturated heterocycles. The van der Waals surface area contributed by atoms with Crippen LogP contribution in [-0.2, 0) is 11.3 Å². The van der Waals surface area contributed by atoms with Gasteiger partial charge in [-0.3, -0.25) is 14.8 Å². The number of amides is 1. The number of likely N-dealkylation sites (tertiary alicyclic amines) is 2. The fourth-order valence-corrected chi connectivity index (χ4v) is 5.23. The van der Waals surface area contributed by atoms with E-state index in [-0.39, 0.29) is 23.8 Å². The van der Waals surface area contributed by atoms with Crippen LogP contribution in [0.4, 0.5) is 0 Å². The summed E-state index contributed by atoms with van der Waals surface area (Å²) >= 11 is 1.71. The second-order valence-corrected chi connectivity index (χ2v) is 8.96. The van der Waals surface area contributed by atoms with E-state index in [0.717, 1.165) is 31.9 Å². The number of carbonyl (C=O) groups is 1. The first-order valence-corrected chi connectivity index (χ1v) is 10.1. The van der Waals surface area contributed by atoms with Crippen LogP contribution in [0.25, 0.3) is 10.6 Å². The van der Waals surface area contributed by atoms with Crippen LogP contribution in [0.5, 0.6) is 0 Å². The number of hydrogen-bond acceptors (Lipinski definition) is 5. The molecule has 140 valence electrons. The second-order valence-electron chi connectivity index (χ2n) is 8.01. The number of aromatic nitrogens is 2. The van der Waals surface area contributed by atoms with Crippen molar-refractivity contribution in [3.63, 3.8) is 0 Å². The molecule has 2 aromatic heterocycles. The summed E-state index contributed by atoms with van der Waals surface area (Å²) in [7, 11) is 0. The third kappa shape index (κ3) is 2.98. The van der Waals surface area contributed by atoms with Crippen molar-refractivity contribution in [3.05, 3.63) is 29.3 Å². The Bertz CT molecular complexity index is 772. The van der Waals surface area contributed by atoms with Gasteiger partial charge in [-0.15, -0.1) is 11.3 Å².